The maximum atomic E-state index is 6.17. The molecule has 17 heavy (non-hydrogen) atoms. The molecule has 1 heterocycles. The van der Waals surface area contributed by atoms with Crippen molar-refractivity contribution in [3.63, 3.8) is 0 Å². The van der Waals surface area contributed by atoms with Crippen LogP contribution in [0.15, 0.2) is 36.5 Å². The van der Waals surface area contributed by atoms with Crippen LogP contribution in [0.25, 0.3) is 10.9 Å². The van der Waals surface area contributed by atoms with Gasteiger partial charge in [0, 0.05) is 17.6 Å². The van der Waals surface area contributed by atoms with E-state index < -0.39 is 0 Å². The minimum Gasteiger partial charge on any atom is -0.327 e. The van der Waals surface area contributed by atoms with E-state index in [-0.39, 0.29) is 6.04 Å². The van der Waals surface area contributed by atoms with E-state index in [0.717, 1.165) is 18.4 Å². The van der Waals surface area contributed by atoms with Gasteiger partial charge in [0.1, 0.15) is 0 Å². The summed E-state index contributed by atoms with van der Waals surface area (Å²) in [4.78, 5) is 4.46. The quantitative estimate of drug-likeness (QED) is 0.873. The van der Waals surface area contributed by atoms with Crippen LogP contribution in [0.5, 0.6) is 0 Å². The number of benzene rings is 1. The molecule has 1 unspecified atom stereocenters. The molecule has 0 radical (unpaired) electrons. The Labute approximate surface area is 103 Å². The number of hydrogen-bond acceptors (Lipinski definition) is 2. The Morgan fingerprint density at radius 1 is 1.18 bits per heavy atom. The maximum Gasteiger partial charge on any atom is 0.0734 e. The third-order valence-corrected chi connectivity index (χ3v) is 2.97. The van der Waals surface area contributed by atoms with E-state index in [1.165, 1.54) is 10.9 Å². The van der Waals surface area contributed by atoms with E-state index >= 15 is 0 Å². The lowest BCUT2D eigenvalue weighted by atomic mass is 9.96. The Morgan fingerprint density at radius 2 is 1.94 bits per heavy atom. The van der Waals surface area contributed by atoms with Gasteiger partial charge in [-0.1, -0.05) is 38.1 Å². The van der Waals surface area contributed by atoms with Crippen LogP contribution in [0.3, 0.4) is 0 Å². The molecule has 0 bridgehead atoms. The molecule has 2 nitrogen and oxygen atoms in total. The van der Waals surface area contributed by atoms with Crippen LogP contribution in [0.2, 0.25) is 0 Å². The fourth-order valence-corrected chi connectivity index (χ4v) is 2.30. The average Bonchev–Trinajstić information content (AvgIpc) is 2.28. The molecule has 2 rings (SSSR count). The SMILES string of the molecule is CC(C)CC(N)Cc1cccc2cccnc12. The molecular weight excluding hydrogens is 208 g/mol. The third kappa shape index (κ3) is 3.04. The molecule has 0 aliphatic rings. The second-order valence-corrected chi connectivity index (χ2v) is 5.09. The van der Waals surface area contributed by atoms with E-state index in [2.05, 4.69) is 43.1 Å². The summed E-state index contributed by atoms with van der Waals surface area (Å²) < 4.78 is 0. The molecule has 0 amide bonds. The highest BCUT2D eigenvalue weighted by atomic mass is 14.7. The van der Waals surface area contributed by atoms with Gasteiger partial charge in [-0.3, -0.25) is 4.98 Å². The van der Waals surface area contributed by atoms with Crippen molar-refractivity contribution in [3.05, 3.63) is 42.1 Å². The van der Waals surface area contributed by atoms with E-state index in [1.807, 2.05) is 12.3 Å². The predicted molar refractivity (Wildman–Crippen MR) is 72.9 cm³/mol. The number of hydrogen-bond donors (Lipinski definition) is 1. The zero-order valence-corrected chi connectivity index (χ0v) is 10.6. The predicted octanol–water partition coefficient (Wildman–Crippen LogP) is 3.15. The topological polar surface area (TPSA) is 38.9 Å². The lowest BCUT2D eigenvalue weighted by molar-refractivity contribution is 0.494. The molecule has 2 aromatic rings. The van der Waals surface area contributed by atoms with Gasteiger partial charge in [0.05, 0.1) is 5.52 Å². The Hall–Kier alpha value is -1.41. The van der Waals surface area contributed by atoms with Gasteiger partial charge in [-0.2, -0.15) is 0 Å². The van der Waals surface area contributed by atoms with Gasteiger partial charge in [-0.05, 0) is 30.4 Å². The van der Waals surface area contributed by atoms with E-state index in [0.29, 0.717) is 5.92 Å². The van der Waals surface area contributed by atoms with Gasteiger partial charge in [-0.15, -0.1) is 0 Å². The summed E-state index contributed by atoms with van der Waals surface area (Å²) in [5, 5.41) is 1.20. The lowest BCUT2D eigenvalue weighted by Gasteiger charge is -2.14. The standard InChI is InChI=1S/C15H20N2/c1-11(2)9-14(16)10-13-6-3-5-12-7-4-8-17-15(12)13/h3-8,11,14H,9-10,16H2,1-2H3. The zero-order chi connectivity index (χ0) is 12.3. The Kier molecular flexibility index (Phi) is 3.75. The fraction of sp³-hybridized carbons (Fsp3) is 0.400. The highest BCUT2D eigenvalue weighted by Crippen LogP contribution is 2.18. The van der Waals surface area contributed by atoms with Crippen LogP contribution in [-0.2, 0) is 6.42 Å². The molecule has 90 valence electrons. The van der Waals surface area contributed by atoms with Crippen molar-refractivity contribution >= 4 is 10.9 Å². The number of rotatable bonds is 4. The Balaban J connectivity index is 2.24. The van der Waals surface area contributed by atoms with Crippen LogP contribution < -0.4 is 5.73 Å². The van der Waals surface area contributed by atoms with Crippen molar-refractivity contribution < 1.29 is 0 Å². The van der Waals surface area contributed by atoms with Gasteiger partial charge in [0.25, 0.3) is 0 Å². The largest absolute Gasteiger partial charge is 0.327 e. The Morgan fingerprint density at radius 3 is 2.71 bits per heavy atom. The summed E-state index contributed by atoms with van der Waals surface area (Å²) in [5.74, 6) is 0.646. The molecule has 0 fully saturated rings. The molecule has 1 atom stereocenters. The van der Waals surface area contributed by atoms with E-state index in [4.69, 9.17) is 5.73 Å². The van der Waals surface area contributed by atoms with Gasteiger partial charge < -0.3 is 5.73 Å². The minimum absolute atomic E-state index is 0.225. The first-order valence-corrected chi connectivity index (χ1v) is 6.25. The molecule has 0 saturated heterocycles. The monoisotopic (exact) mass is 228 g/mol. The van der Waals surface area contributed by atoms with Crippen molar-refractivity contribution in [3.8, 4) is 0 Å². The second kappa shape index (κ2) is 5.28. The maximum absolute atomic E-state index is 6.17. The highest BCUT2D eigenvalue weighted by molar-refractivity contribution is 5.81. The van der Waals surface area contributed by atoms with Crippen LogP contribution in [0.4, 0.5) is 0 Å². The molecule has 2 heteroatoms. The van der Waals surface area contributed by atoms with Crippen molar-refractivity contribution in [1.82, 2.24) is 4.98 Å². The first-order chi connectivity index (χ1) is 8.16. The van der Waals surface area contributed by atoms with Crippen molar-refractivity contribution in [2.45, 2.75) is 32.7 Å². The fourth-order valence-electron chi connectivity index (χ4n) is 2.30. The van der Waals surface area contributed by atoms with Gasteiger partial charge in [-0.25, -0.2) is 0 Å². The summed E-state index contributed by atoms with van der Waals surface area (Å²) in [6.45, 7) is 4.42. The van der Waals surface area contributed by atoms with E-state index in [1.54, 1.807) is 0 Å². The molecule has 1 aromatic carbocycles. The zero-order valence-electron chi connectivity index (χ0n) is 10.6. The molecule has 0 aliphatic heterocycles. The number of aromatic nitrogens is 1. The highest BCUT2D eigenvalue weighted by Gasteiger charge is 2.09. The summed E-state index contributed by atoms with van der Waals surface area (Å²) in [7, 11) is 0. The number of fused-ring (bicyclic) bond motifs is 1. The van der Waals surface area contributed by atoms with Crippen LogP contribution in [-0.4, -0.2) is 11.0 Å². The van der Waals surface area contributed by atoms with Gasteiger partial charge in [0.2, 0.25) is 0 Å². The molecule has 0 spiro atoms. The first-order valence-electron chi connectivity index (χ1n) is 6.25. The van der Waals surface area contributed by atoms with Crippen molar-refractivity contribution in [1.29, 1.82) is 0 Å². The smallest absolute Gasteiger partial charge is 0.0734 e. The summed E-state index contributed by atoms with van der Waals surface area (Å²) in [6.07, 6.45) is 3.82. The molecule has 1 aromatic heterocycles. The van der Waals surface area contributed by atoms with Gasteiger partial charge >= 0.3 is 0 Å². The number of pyridine rings is 1. The summed E-state index contributed by atoms with van der Waals surface area (Å²) in [6, 6.07) is 10.6. The molecule has 0 saturated carbocycles. The normalized spacial score (nSPS) is 13.2. The van der Waals surface area contributed by atoms with Crippen molar-refractivity contribution in [2.24, 2.45) is 11.7 Å². The Bertz CT molecular complexity index is 486. The van der Waals surface area contributed by atoms with Gasteiger partial charge in [0.15, 0.2) is 0 Å². The summed E-state index contributed by atoms with van der Waals surface area (Å²) in [5.41, 5.74) is 8.52. The van der Waals surface area contributed by atoms with Crippen molar-refractivity contribution in [2.75, 3.05) is 0 Å². The van der Waals surface area contributed by atoms with E-state index in [9.17, 15) is 0 Å². The third-order valence-electron chi connectivity index (χ3n) is 2.97. The van der Waals surface area contributed by atoms with Crippen LogP contribution in [0.1, 0.15) is 25.8 Å². The second-order valence-electron chi connectivity index (χ2n) is 5.09. The number of nitrogens with zero attached hydrogens (tertiary/aromatic N) is 1. The lowest BCUT2D eigenvalue weighted by Crippen LogP contribution is -2.24. The van der Waals surface area contributed by atoms with Crippen LogP contribution in [0, 0.1) is 5.92 Å². The number of nitrogens with two attached hydrogens (primary N) is 1. The number of para-hydroxylation sites is 1. The molecule has 0 aliphatic carbocycles. The first kappa shape index (κ1) is 12.1. The average molecular weight is 228 g/mol. The molecule has 2 N–H and O–H groups in total. The molecular formula is C15H20N2. The van der Waals surface area contributed by atoms with Crippen LogP contribution >= 0.6 is 0 Å². The minimum atomic E-state index is 0.225. The summed E-state index contributed by atoms with van der Waals surface area (Å²) >= 11 is 0.